The summed E-state index contributed by atoms with van der Waals surface area (Å²) in [6.45, 7) is 0. The number of hydrogen-bond acceptors (Lipinski definition) is 2. The van der Waals surface area contributed by atoms with Crippen LogP contribution in [-0.2, 0) is 0 Å². The van der Waals surface area contributed by atoms with E-state index in [0.29, 0.717) is 0 Å². The van der Waals surface area contributed by atoms with Crippen LogP contribution >= 0.6 is 0 Å². The summed E-state index contributed by atoms with van der Waals surface area (Å²) in [6, 6.07) is 51.4. The van der Waals surface area contributed by atoms with Gasteiger partial charge in [-0.1, -0.05) is 60.7 Å². The fraction of sp³-hybridized carbons (Fsp3) is 0. The number of rotatable bonds is 3. The number of aromatic nitrogens is 2. The van der Waals surface area contributed by atoms with E-state index in [1.54, 1.807) is 0 Å². The molecule has 0 fully saturated rings. The van der Waals surface area contributed by atoms with Gasteiger partial charge in [-0.15, -0.1) is 0 Å². The van der Waals surface area contributed by atoms with E-state index in [0.717, 1.165) is 39.9 Å². The van der Waals surface area contributed by atoms with Crippen molar-refractivity contribution in [2.45, 2.75) is 0 Å². The average Bonchev–Trinajstić information content (AvgIpc) is 3.61. The predicted octanol–water partition coefficient (Wildman–Crippen LogP) is 10.3. The van der Waals surface area contributed by atoms with Gasteiger partial charge in [0, 0.05) is 39.4 Å². The Hall–Kier alpha value is -5.74. The van der Waals surface area contributed by atoms with Gasteiger partial charge in [-0.05, 0) is 84.9 Å². The molecule has 2 aromatic heterocycles. The first kappa shape index (κ1) is 23.0. The Bertz CT molecular complexity index is 2230. The lowest BCUT2D eigenvalue weighted by Crippen LogP contribution is -2.15. The van der Waals surface area contributed by atoms with Gasteiger partial charge < -0.3 is 18.8 Å². The first-order valence-electron chi connectivity index (χ1n) is 14.2. The Labute approximate surface area is 242 Å². The van der Waals surface area contributed by atoms with E-state index < -0.39 is 0 Å². The molecule has 0 saturated carbocycles. The van der Waals surface area contributed by atoms with Crippen molar-refractivity contribution in [1.29, 1.82) is 0 Å². The topological polar surface area (TPSA) is 22.3 Å². The van der Waals surface area contributed by atoms with E-state index >= 15 is 0 Å². The molecule has 0 N–H and O–H groups in total. The molecule has 4 heteroatoms. The molecule has 0 aliphatic carbocycles. The molecular formula is C38H25N3O. The molecule has 4 nitrogen and oxygen atoms in total. The summed E-state index contributed by atoms with van der Waals surface area (Å²) in [5.74, 6) is 1.71. The zero-order chi connectivity index (χ0) is 27.6. The van der Waals surface area contributed by atoms with Gasteiger partial charge in [-0.3, -0.25) is 0 Å². The molecule has 0 bridgehead atoms. The maximum Gasteiger partial charge on any atom is 0.151 e. The Morgan fingerprint density at radius 3 is 1.83 bits per heavy atom. The molecule has 8 aromatic rings. The van der Waals surface area contributed by atoms with Crippen LogP contribution < -0.4 is 9.64 Å². The highest BCUT2D eigenvalue weighted by Gasteiger charge is 2.25. The quantitative estimate of drug-likeness (QED) is 0.223. The summed E-state index contributed by atoms with van der Waals surface area (Å²) in [4.78, 5) is 2.28. The molecule has 0 radical (unpaired) electrons. The molecular weight excluding hydrogens is 514 g/mol. The molecule has 42 heavy (non-hydrogen) atoms. The number of para-hydroxylation sites is 6. The van der Waals surface area contributed by atoms with Crippen molar-refractivity contribution in [1.82, 2.24) is 9.13 Å². The Morgan fingerprint density at radius 2 is 1.07 bits per heavy atom. The molecule has 1 aliphatic rings. The van der Waals surface area contributed by atoms with E-state index in [4.69, 9.17) is 4.74 Å². The normalized spacial score (nSPS) is 12.4. The van der Waals surface area contributed by atoms with Crippen molar-refractivity contribution in [2.75, 3.05) is 4.90 Å². The third kappa shape index (κ3) is 3.36. The molecule has 9 rings (SSSR count). The van der Waals surface area contributed by atoms with E-state index in [-0.39, 0.29) is 0 Å². The first-order valence-corrected chi connectivity index (χ1v) is 14.2. The fourth-order valence-corrected chi connectivity index (χ4v) is 6.42. The summed E-state index contributed by atoms with van der Waals surface area (Å²) in [7, 11) is 0. The second-order valence-corrected chi connectivity index (χ2v) is 10.7. The maximum absolute atomic E-state index is 6.23. The van der Waals surface area contributed by atoms with Crippen LogP contribution in [0.5, 0.6) is 11.5 Å². The highest BCUT2D eigenvalue weighted by Crippen LogP contribution is 2.50. The monoisotopic (exact) mass is 539 g/mol. The molecule has 3 heterocycles. The molecule has 0 amide bonds. The van der Waals surface area contributed by atoms with Crippen LogP contribution in [0.4, 0.5) is 17.1 Å². The predicted molar refractivity (Wildman–Crippen MR) is 172 cm³/mol. The van der Waals surface area contributed by atoms with Crippen LogP contribution in [0.3, 0.4) is 0 Å². The maximum atomic E-state index is 6.23. The minimum absolute atomic E-state index is 0.856. The Morgan fingerprint density at radius 1 is 0.429 bits per heavy atom. The highest BCUT2D eigenvalue weighted by atomic mass is 16.5. The number of nitrogens with zero attached hydrogens (tertiary/aromatic N) is 3. The van der Waals surface area contributed by atoms with Gasteiger partial charge >= 0.3 is 0 Å². The second-order valence-electron chi connectivity index (χ2n) is 10.7. The minimum Gasteiger partial charge on any atom is -0.453 e. The van der Waals surface area contributed by atoms with Crippen molar-refractivity contribution >= 4 is 49.8 Å². The molecule has 0 unspecified atom stereocenters. The number of fused-ring (bicyclic) bond motifs is 6. The molecule has 0 atom stereocenters. The summed E-state index contributed by atoms with van der Waals surface area (Å²) < 4.78 is 10.9. The third-order valence-corrected chi connectivity index (χ3v) is 8.32. The van der Waals surface area contributed by atoms with Gasteiger partial charge in [0.05, 0.1) is 27.9 Å². The van der Waals surface area contributed by atoms with Gasteiger partial charge in [0.1, 0.15) is 0 Å². The van der Waals surface area contributed by atoms with Crippen LogP contribution in [-0.4, -0.2) is 9.13 Å². The van der Waals surface area contributed by atoms with E-state index in [1.165, 1.54) is 32.7 Å². The lowest BCUT2D eigenvalue weighted by molar-refractivity contribution is 0.477. The zero-order valence-electron chi connectivity index (χ0n) is 22.7. The van der Waals surface area contributed by atoms with Crippen LogP contribution in [0.25, 0.3) is 44.1 Å². The molecule has 0 spiro atoms. The number of ether oxygens (including phenoxy) is 1. The second kappa shape index (κ2) is 8.88. The number of benzene rings is 6. The smallest absolute Gasteiger partial charge is 0.151 e. The first-order chi connectivity index (χ1) is 20.8. The summed E-state index contributed by atoms with van der Waals surface area (Å²) in [5, 5.41) is 3.71. The summed E-state index contributed by atoms with van der Waals surface area (Å²) in [6.07, 6.45) is 2.16. The van der Waals surface area contributed by atoms with Crippen LogP contribution in [0.15, 0.2) is 152 Å². The standard InChI is InChI=1S/C38H25N3O/c1-2-10-27(11-3-1)39-23-22-26-24-36-31(25-35(26)39)30-12-4-5-13-32(30)40(36)28-18-20-29(21-19-28)41-33-14-6-8-16-37(33)42-38-17-9-7-15-34(38)41/h1-25H. The van der Waals surface area contributed by atoms with Crippen molar-refractivity contribution in [3.8, 4) is 22.9 Å². The third-order valence-electron chi connectivity index (χ3n) is 8.32. The van der Waals surface area contributed by atoms with Crippen molar-refractivity contribution in [3.63, 3.8) is 0 Å². The minimum atomic E-state index is 0.856. The molecule has 198 valence electrons. The lowest BCUT2D eigenvalue weighted by atomic mass is 10.1. The van der Waals surface area contributed by atoms with Gasteiger partial charge in [0.15, 0.2) is 11.5 Å². The average molecular weight is 540 g/mol. The van der Waals surface area contributed by atoms with E-state index in [2.05, 4.69) is 142 Å². The SMILES string of the molecule is c1ccc(-n2ccc3cc4c(cc32)c2ccccc2n4-c2ccc(N3c4ccccc4Oc4ccccc43)cc2)cc1. The lowest BCUT2D eigenvalue weighted by Gasteiger charge is -2.32. The van der Waals surface area contributed by atoms with Gasteiger partial charge in [0.25, 0.3) is 0 Å². The highest BCUT2D eigenvalue weighted by molar-refractivity contribution is 6.13. The fourth-order valence-electron chi connectivity index (χ4n) is 6.42. The van der Waals surface area contributed by atoms with Crippen LogP contribution in [0.2, 0.25) is 0 Å². The van der Waals surface area contributed by atoms with Crippen molar-refractivity contribution < 1.29 is 4.74 Å². The van der Waals surface area contributed by atoms with Crippen molar-refractivity contribution in [2.24, 2.45) is 0 Å². The van der Waals surface area contributed by atoms with Gasteiger partial charge in [0.2, 0.25) is 0 Å². The summed E-state index contributed by atoms with van der Waals surface area (Å²) >= 11 is 0. The Kier molecular flexibility index (Phi) is 4.87. The largest absolute Gasteiger partial charge is 0.453 e. The van der Waals surface area contributed by atoms with Crippen molar-refractivity contribution in [3.05, 3.63) is 152 Å². The summed E-state index contributed by atoms with van der Waals surface area (Å²) in [5.41, 5.74) is 9.04. The van der Waals surface area contributed by atoms with Crippen LogP contribution in [0.1, 0.15) is 0 Å². The molecule has 1 aliphatic heterocycles. The zero-order valence-corrected chi connectivity index (χ0v) is 22.7. The van der Waals surface area contributed by atoms with E-state index in [1.807, 2.05) is 24.3 Å². The van der Waals surface area contributed by atoms with E-state index in [9.17, 15) is 0 Å². The van der Waals surface area contributed by atoms with Gasteiger partial charge in [-0.2, -0.15) is 0 Å². The number of anilines is 3. The Balaban J connectivity index is 1.21. The van der Waals surface area contributed by atoms with Gasteiger partial charge in [-0.25, -0.2) is 0 Å². The molecule has 6 aromatic carbocycles. The molecule has 0 saturated heterocycles. The number of hydrogen-bond donors (Lipinski definition) is 0. The van der Waals surface area contributed by atoms with Crippen LogP contribution in [0, 0.1) is 0 Å².